The summed E-state index contributed by atoms with van der Waals surface area (Å²) >= 11 is 0. The maximum atomic E-state index is 15.6. The van der Waals surface area contributed by atoms with Crippen LogP contribution in [0, 0.1) is 11.2 Å². The maximum absolute atomic E-state index is 15.6. The first kappa shape index (κ1) is 33.5. The number of ether oxygens (including phenoxy) is 3. The molecule has 3 saturated carbocycles. The Hall–Kier alpha value is -3.39. The molecule has 2 atom stereocenters. The van der Waals surface area contributed by atoms with Crippen LogP contribution in [0.15, 0.2) is 41.3 Å². The van der Waals surface area contributed by atoms with E-state index in [1.807, 2.05) is 32.9 Å². The molecule has 0 radical (unpaired) electrons. The van der Waals surface area contributed by atoms with Gasteiger partial charge in [-0.3, -0.25) is 14.4 Å². The van der Waals surface area contributed by atoms with Crippen LogP contribution in [-0.4, -0.2) is 69.0 Å². The number of sulfone groups is 1. The summed E-state index contributed by atoms with van der Waals surface area (Å²) in [6.45, 7) is 6.88. The molecule has 47 heavy (non-hydrogen) atoms. The Morgan fingerprint density at radius 1 is 1.06 bits per heavy atom. The third-order valence-corrected chi connectivity index (χ3v) is 11.7. The molecule has 11 nitrogen and oxygen atoms in total. The fraction of sp³-hybridized carbons (Fsp3) is 0.559. The average Bonchev–Trinajstić information content (AvgIpc) is 3.09. The van der Waals surface area contributed by atoms with Crippen molar-refractivity contribution in [1.29, 1.82) is 0 Å². The van der Waals surface area contributed by atoms with Crippen LogP contribution in [0.25, 0.3) is 0 Å². The number of carbonyl (C=O) groups excluding carboxylic acids is 3. The number of anilines is 1. The molecule has 0 unspecified atom stereocenters. The molecule has 2 bridgehead atoms. The summed E-state index contributed by atoms with van der Waals surface area (Å²) < 4.78 is 59.2. The lowest BCUT2D eigenvalue weighted by molar-refractivity contribution is -0.175. The molecular weight excluding hydrogens is 629 g/mol. The van der Waals surface area contributed by atoms with Gasteiger partial charge in [0.1, 0.15) is 17.5 Å². The van der Waals surface area contributed by atoms with E-state index >= 15 is 4.39 Å². The molecule has 0 spiro atoms. The molecule has 5 aliphatic rings. The number of nitrogens with zero attached hydrogens (tertiary/aromatic N) is 1. The van der Waals surface area contributed by atoms with Gasteiger partial charge in [0.25, 0.3) is 5.91 Å². The van der Waals surface area contributed by atoms with Crippen LogP contribution >= 0.6 is 0 Å². The van der Waals surface area contributed by atoms with Gasteiger partial charge >= 0.3 is 5.97 Å². The van der Waals surface area contributed by atoms with E-state index in [-0.39, 0.29) is 29.9 Å². The SMILES string of the molecule is CC(C)(C)OC(=O)C12CCC(NC(=O)c3cc4c(cc3F)S(=O)(=O)C[C@H](N)C(=O)N4Cc3ccc([C@H]4COCCO4)cc3)(CC1)CC2. The van der Waals surface area contributed by atoms with Crippen LogP contribution in [0.5, 0.6) is 0 Å². The Bertz CT molecular complexity index is 1660. The summed E-state index contributed by atoms with van der Waals surface area (Å²) in [4.78, 5) is 41.1. The summed E-state index contributed by atoms with van der Waals surface area (Å²) in [5.41, 5.74) is 5.30. The number of amides is 2. The third-order valence-electron chi connectivity index (χ3n) is 9.87. The molecule has 2 aromatic rings. The van der Waals surface area contributed by atoms with E-state index in [2.05, 4.69) is 5.32 Å². The zero-order valence-corrected chi connectivity index (χ0v) is 27.8. The number of esters is 1. The average molecular weight is 672 g/mol. The van der Waals surface area contributed by atoms with E-state index in [9.17, 15) is 22.8 Å². The number of nitrogens with one attached hydrogen (secondary N) is 1. The van der Waals surface area contributed by atoms with Crippen LogP contribution in [-0.2, 0) is 40.2 Å². The van der Waals surface area contributed by atoms with E-state index < -0.39 is 60.7 Å². The Labute approximate surface area is 274 Å². The van der Waals surface area contributed by atoms with Crippen molar-refractivity contribution in [3.8, 4) is 0 Å². The van der Waals surface area contributed by atoms with Gasteiger partial charge in [0.15, 0.2) is 9.84 Å². The lowest BCUT2D eigenvalue weighted by atomic mass is 9.57. The van der Waals surface area contributed by atoms with Gasteiger partial charge in [-0.05, 0) is 82.6 Å². The minimum Gasteiger partial charge on any atom is -0.460 e. The maximum Gasteiger partial charge on any atom is 0.312 e. The zero-order valence-electron chi connectivity index (χ0n) is 27.0. The van der Waals surface area contributed by atoms with Gasteiger partial charge in [0.05, 0.1) is 59.7 Å². The van der Waals surface area contributed by atoms with Gasteiger partial charge in [-0.2, -0.15) is 0 Å². The fourth-order valence-electron chi connectivity index (χ4n) is 7.13. The molecule has 2 heterocycles. The molecular formula is C34H42FN3O8S. The monoisotopic (exact) mass is 671 g/mol. The van der Waals surface area contributed by atoms with Crippen molar-refractivity contribution in [2.75, 3.05) is 30.5 Å². The lowest BCUT2D eigenvalue weighted by Crippen LogP contribution is -2.59. The molecule has 2 aromatic carbocycles. The molecule has 3 aliphatic carbocycles. The third kappa shape index (κ3) is 6.67. The molecule has 1 saturated heterocycles. The summed E-state index contributed by atoms with van der Waals surface area (Å²) in [5.74, 6) is -3.31. The highest BCUT2D eigenvalue weighted by atomic mass is 32.2. The molecule has 4 fully saturated rings. The standard InChI is InChI=1S/C34H42FN3O8S/c1-32(2,3)46-31(41)33-8-11-34(12-9-33,13-10-33)37-29(39)23-16-26-28(17-24(23)35)47(42,43)20-25(36)30(40)38(26)18-21-4-6-22(7-5-21)27-19-44-14-15-45-27/h4-7,16-17,25,27H,8-15,18-20,36H2,1-3H3,(H,37,39)/t25-,27+,33?,34?/m0/s1. The Kier molecular flexibility index (Phi) is 8.73. The number of nitrogens with two attached hydrogens (primary N) is 1. The number of hydrogen-bond acceptors (Lipinski definition) is 9. The van der Waals surface area contributed by atoms with Gasteiger partial charge in [-0.1, -0.05) is 24.3 Å². The predicted molar refractivity (Wildman–Crippen MR) is 170 cm³/mol. The number of halogens is 1. The van der Waals surface area contributed by atoms with Gasteiger partial charge in [0, 0.05) is 5.54 Å². The second-order valence-electron chi connectivity index (χ2n) is 14.3. The van der Waals surface area contributed by atoms with Crippen LogP contribution in [0.3, 0.4) is 0 Å². The van der Waals surface area contributed by atoms with Crippen LogP contribution in [0.4, 0.5) is 10.1 Å². The second kappa shape index (κ2) is 12.2. The summed E-state index contributed by atoms with van der Waals surface area (Å²) in [6.07, 6.45) is 2.94. The topological polar surface area (TPSA) is 154 Å². The number of hydrogen-bond donors (Lipinski definition) is 2. The second-order valence-corrected chi connectivity index (χ2v) is 16.3. The highest BCUT2D eigenvalue weighted by molar-refractivity contribution is 7.91. The number of benzene rings is 2. The first-order chi connectivity index (χ1) is 22.1. The van der Waals surface area contributed by atoms with E-state index in [1.165, 1.54) is 4.90 Å². The predicted octanol–water partition coefficient (Wildman–Crippen LogP) is 3.73. The quantitative estimate of drug-likeness (QED) is 0.438. The van der Waals surface area contributed by atoms with Crippen molar-refractivity contribution >= 4 is 33.3 Å². The van der Waals surface area contributed by atoms with Crippen LogP contribution in [0.2, 0.25) is 0 Å². The molecule has 13 heteroatoms. The van der Waals surface area contributed by atoms with Crippen molar-refractivity contribution in [2.45, 2.75) is 94.0 Å². The molecule has 2 amide bonds. The van der Waals surface area contributed by atoms with E-state index in [4.69, 9.17) is 19.9 Å². The van der Waals surface area contributed by atoms with Crippen molar-refractivity contribution in [3.05, 3.63) is 58.9 Å². The number of rotatable bonds is 6. The van der Waals surface area contributed by atoms with Crippen LogP contribution in [0.1, 0.15) is 86.9 Å². The van der Waals surface area contributed by atoms with Crippen molar-refractivity contribution < 1.29 is 41.4 Å². The van der Waals surface area contributed by atoms with Crippen molar-refractivity contribution in [3.63, 3.8) is 0 Å². The minimum absolute atomic E-state index is 0.0548. The first-order valence-electron chi connectivity index (χ1n) is 16.1. The summed E-state index contributed by atoms with van der Waals surface area (Å²) in [7, 11) is -4.17. The van der Waals surface area contributed by atoms with E-state index in [1.54, 1.807) is 12.1 Å². The minimum atomic E-state index is -4.17. The smallest absolute Gasteiger partial charge is 0.312 e. The first-order valence-corrected chi connectivity index (χ1v) is 17.7. The van der Waals surface area contributed by atoms with Gasteiger partial charge in [0.2, 0.25) is 5.91 Å². The van der Waals surface area contributed by atoms with Gasteiger partial charge < -0.3 is 30.2 Å². The van der Waals surface area contributed by atoms with Crippen LogP contribution < -0.4 is 16.0 Å². The number of carbonyl (C=O) groups is 3. The zero-order chi connectivity index (χ0) is 33.8. The van der Waals surface area contributed by atoms with E-state index in [0.717, 1.165) is 17.7 Å². The van der Waals surface area contributed by atoms with Crippen molar-refractivity contribution in [1.82, 2.24) is 5.32 Å². The largest absolute Gasteiger partial charge is 0.460 e. The Morgan fingerprint density at radius 2 is 1.72 bits per heavy atom. The van der Waals surface area contributed by atoms with Crippen molar-refractivity contribution in [2.24, 2.45) is 11.1 Å². The highest BCUT2D eigenvalue weighted by Crippen LogP contribution is 2.53. The molecule has 254 valence electrons. The molecule has 3 N–H and O–H groups in total. The molecule has 2 aliphatic heterocycles. The normalized spacial score (nSPS) is 28.7. The number of fused-ring (bicyclic) bond motifs is 4. The molecule has 0 aromatic heterocycles. The Balaban J connectivity index is 1.26. The van der Waals surface area contributed by atoms with Gasteiger partial charge in [-0.25, -0.2) is 12.8 Å². The lowest BCUT2D eigenvalue weighted by Gasteiger charge is -2.52. The summed E-state index contributed by atoms with van der Waals surface area (Å²) in [5, 5.41) is 3.02. The Morgan fingerprint density at radius 3 is 2.32 bits per heavy atom. The molecule has 7 rings (SSSR count). The van der Waals surface area contributed by atoms with E-state index in [0.29, 0.717) is 63.9 Å². The summed E-state index contributed by atoms with van der Waals surface area (Å²) in [6, 6.07) is 7.87. The highest BCUT2D eigenvalue weighted by Gasteiger charge is 2.54. The van der Waals surface area contributed by atoms with Gasteiger partial charge in [-0.15, -0.1) is 0 Å². The fourth-order valence-corrected chi connectivity index (χ4v) is 8.70.